The molecule has 1 saturated heterocycles. The van der Waals surface area contributed by atoms with Gasteiger partial charge in [-0.15, -0.1) is 0 Å². The molecule has 1 unspecified atom stereocenters. The average Bonchev–Trinajstić information content (AvgIpc) is 3.23. The third-order valence-corrected chi connectivity index (χ3v) is 10.1. The van der Waals surface area contributed by atoms with Gasteiger partial charge in [-0.2, -0.15) is 0 Å². The second-order valence-corrected chi connectivity index (χ2v) is 11.5. The molecule has 1 aliphatic heterocycles. The standard InChI is InChI=1S/C21H29NO3Si/c1-24-16-6-10-18(11-7-16)26(3,15-21(23)20-5-4-14-22-20)19-12-8-17(25-2)9-13-19/h6-13,20-23H,4-5,14-15H2,1-3H3/t20-,21?/m0/s1. The Labute approximate surface area is 157 Å². The topological polar surface area (TPSA) is 50.7 Å². The van der Waals surface area contributed by atoms with Crippen molar-refractivity contribution in [3.8, 4) is 11.5 Å². The first-order valence-electron chi connectivity index (χ1n) is 9.27. The van der Waals surface area contributed by atoms with Gasteiger partial charge in [-0.1, -0.05) is 41.2 Å². The van der Waals surface area contributed by atoms with Crippen LogP contribution in [-0.4, -0.2) is 46.1 Å². The van der Waals surface area contributed by atoms with E-state index in [1.165, 1.54) is 10.4 Å². The minimum Gasteiger partial charge on any atom is -0.497 e. The molecule has 0 radical (unpaired) electrons. The Morgan fingerprint density at radius 3 is 1.88 bits per heavy atom. The molecule has 0 bridgehead atoms. The van der Waals surface area contributed by atoms with Gasteiger partial charge in [0.2, 0.25) is 0 Å². The highest BCUT2D eigenvalue weighted by atomic mass is 28.3. The van der Waals surface area contributed by atoms with Gasteiger partial charge in [0.25, 0.3) is 0 Å². The Morgan fingerprint density at radius 1 is 1.00 bits per heavy atom. The molecule has 5 heteroatoms. The van der Waals surface area contributed by atoms with E-state index in [4.69, 9.17) is 9.47 Å². The first-order chi connectivity index (χ1) is 12.6. The Hall–Kier alpha value is -1.82. The molecule has 140 valence electrons. The van der Waals surface area contributed by atoms with Gasteiger partial charge < -0.3 is 19.9 Å². The van der Waals surface area contributed by atoms with Gasteiger partial charge in [0.05, 0.1) is 20.3 Å². The van der Waals surface area contributed by atoms with Crippen LogP contribution in [-0.2, 0) is 0 Å². The van der Waals surface area contributed by atoms with Crippen LogP contribution in [0.2, 0.25) is 12.6 Å². The third-order valence-electron chi connectivity index (χ3n) is 5.63. The minimum absolute atomic E-state index is 0.207. The van der Waals surface area contributed by atoms with E-state index < -0.39 is 8.07 Å². The lowest BCUT2D eigenvalue weighted by Crippen LogP contribution is -2.58. The van der Waals surface area contributed by atoms with Crippen molar-refractivity contribution in [3.05, 3.63) is 48.5 Å². The molecule has 1 aliphatic rings. The zero-order valence-corrected chi connectivity index (χ0v) is 16.9. The quantitative estimate of drug-likeness (QED) is 0.731. The molecule has 1 heterocycles. The van der Waals surface area contributed by atoms with Gasteiger partial charge in [-0.3, -0.25) is 0 Å². The lowest BCUT2D eigenvalue weighted by atomic mass is 10.1. The van der Waals surface area contributed by atoms with Crippen LogP contribution in [0.3, 0.4) is 0 Å². The van der Waals surface area contributed by atoms with E-state index in [9.17, 15) is 5.11 Å². The number of hydrogen-bond donors (Lipinski definition) is 2. The summed E-state index contributed by atoms with van der Waals surface area (Å²) in [5, 5.41) is 17.0. The van der Waals surface area contributed by atoms with Crippen LogP contribution in [0, 0.1) is 0 Å². The van der Waals surface area contributed by atoms with Crippen molar-refractivity contribution in [2.45, 2.75) is 37.6 Å². The maximum atomic E-state index is 10.9. The van der Waals surface area contributed by atoms with Crippen molar-refractivity contribution < 1.29 is 14.6 Å². The van der Waals surface area contributed by atoms with E-state index in [0.29, 0.717) is 0 Å². The van der Waals surface area contributed by atoms with Gasteiger partial charge in [0.1, 0.15) is 19.6 Å². The Morgan fingerprint density at radius 2 is 1.50 bits per heavy atom. The maximum absolute atomic E-state index is 10.9. The molecular formula is C21H29NO3Si. The monoisotopic (exact) mass is 371 g/mol. The molecular weight excluding hydrogens is 342 g/mol. The molecule has 2 N–H and O–H groups in total. The summed E-state index contributed by atoms with van der Waals surface area (Å²) in [6, 6.07) is 17.7. The van der Waals surface area contributed by atoms with Gasteiger partial charge in [0, 0.05) is 6.04 Å². The van der Waals surface area contributed by atoms with Crippen LogP contribution in [0.4, 0.5) is 0 Å². The van der Waals surface area contributed by atoms with Crippen LogP contribution in [0.1, 0.15) is 12.8 Å². The Balaban J connectivity index is 1.95. The molecule has 0 amide bonds. The molecule has 2 aromatic carbocycles. The van der Waals surface area contributed by atoms with E-state index >= 15 is 0 Å². The fraction of sp³-hybridized carbons (Fsp3) is 0.429. The molecule has 26 heavy (non-hydrogen) atoms. The van der Waals surface area contributed by atoms with Crippen molar-refractivity contribution in [2.24, 2.45) is 0 Å². The fourth-order valence-corrected chi connectivity index (χ4v) is 7.65. The van der Waals surface area contributed by atoms with E-state index in [0.717, 1.165) is 36.9 Å². The fourth-order valence-electron chi connectivity index (χ4n) is 3.92. The van der Waals surface area contributed by atoms with Crippen molar-refractivity contribution in [2.75, 3.05) is 20.8 Å². The Kier molecular flexibility index (Phi) is 6.01. The number of aliphatic hydroxyl groups excluding tert-OH is 1. The zero-order chi connectivity index (χ0) is 18.6. The van der Waals surface area contributed by atoms with E-state index in [2.05, 4.69) is 36.1 Å². The molecule has 0 aromatic heterocycles. The van der Waals surface area contributed by atoms with Crippen LogP contribution in [0.25, 0.3) is 0 Å². The molecule has 1 fully saturated rings. The Bertz CT molecular complexity index is 649. The summed E-state index contributed by atoms with van der Waals surface area (Å²) in [7, 11) is 1.27. The molecule has 4 nitrogen and oxygen atoms in total. The van der Waals surface area contributed by atoms with Crippen molar-refractivity contribution >= 4 is 18.4 Å². The number of ether oxygens (including phenoxy) is 2. The van der Waals surface area contributed by atoms with Crippen LogP contribution < -0.4 is 25.2 Å². The molecule has 2 atom stereocenters. The minimum atomic E-state index is -2.10. The molecule has 0 saturated carbocycles. The van der Waals surface area contributed by atoms with Crippen LogP contribution in [0.15, 0.2) is 48.5 Å². The smallest absolute Gasteiger partial charge is 0.118 e. The summed E-state index contributed by atoms with van der Waals surface area (Å²) in [5.74, 6) is 1.72. The largest absolute Gasteiger partial charge is 0.497 e. The molecule has 3 rings (SSSR count). The maximum Gasteiger partial charge on any atom is 0.118 e. The van der Waals surface area contributed by atoms with Crippen molar-refractivity contribution in [1.29, 1.82) is 0 Å². The van der Waals surface area contributed by atoms with Crippen molar-refractivity contribution in [1.82, 2.24) is 5.32 Å². The highest BCUT2D eigenvalue weighted by Crippen LogP contribution is 2.22. The van der Waals surface area contributed by atoms with Crippen LogP contribution in [0.5, 0.6) is 11.5 Å². The SMILES string of the molecule is COc1ccc([Si](C)(CC(O)[C@@H]2CCCN2)c2ccc(OC)cc2)cc1. The van der Waals surface area contributed by atoms with E-state index in [-0.39, 0.29) is 12.1 Å². The third kappa shape index (κ3) is 3.95. The average molecular weight is 372 g/mol. The predicted octanol–water partition coefficient (Wildman–Crippen LogP) is 2.01. The number of hydrogen-bond acceptors (Lipinski definition) is 4. The normalized spacial score (nSPS) is 18.5. The number of methoxy groups -OCH3 is 2. The lowest BCUT2D eigenvalue weighted by Gasteiger charge is -2.33. The summed E-state index contributed by atoms with van der Waals surface area (Å²) in [6.45, 7) is 3.35. The van der Waals surface area contributed by atoms with Crippen molar-refractivity contribution in [3.63, 3.8) is 0 Å². The lowest BCUT2D eigenvalue weighted by molar-refractivity contribution is 0.153. The number of rotatable bonds is 7. The molecule has 2 aromatic rings. The predicted molar refractivity (Wildman–Crippen MR) is 109 cm³/mol. The molecule has 0 spiro atoms. The summed E-state index contributed by atoms with van der Waals surface area (Å²) < 4.78 is 10.6. The summed E-state index contributed by atoms with van der Waals surface area (Å²) in [6.07, 6.45) is 1.86. The molecule has 0 aliphatic carbocycles. The van der Waals surface area contributed by atoms with Gasteiger partial charge in [-0.05, 0) is 49.7 Å². The number of aliphatic hydroxyl groups is 1. The van der Waals surface area contributed by atoms with Gasteiger partial charge in [-0.25, -0.2) is 0 Å². The zero-order valence-electron chi connectivity index (χ0n) is 15.9. The first-order valence-corrected chi connectivity index (χ1v) is 12.0. The second kappa shape index (κ2) is 8.25. The van der Waals surface area contributed by atoms with E-state index in [1.54, 1.807) is 14.2 Å². The van der Waals surface area contributed by atoms with Gasteiger partial charge >= 0.3 is 0 Å². The van der Waals surface area contributed by atoms with Gasteiger partial charge in [0.15, 0.2) is 0 Å². The first kappa shape index (κ1) is 19.0. The van der Waals surface area contributed by atoms with E-state index in [1.807, 2.05) is 24.3 Å². The highest BCUT2D eigenvalue weighted by Gasteiger charge is 2.37. The highest BCUT2D eigenvalue weighted by molar-refractivity contribution is 7.01. The number of benzene rings is 2. The van der Waals surface area contributed by atoms with Crippen LogP contribution >= 0.6 is 0 Å². The summed E-state index contributed by atoms with van der Waals surface area (Å²) in [4.78, 5) is 0. The summed E-state index contributed by atoms with van der Waals surface area (Å²) in [5.41, 5.74) is 0. The summed E-state index contributed by atoms with van der Waals surface area (Å²) >= 11 is 0. The second-order valence-electron chi connectivity index (χ2n) is 7.26. The number of nitrogens with one attached hydrogen (secondary N) is 1.